The lowest BCUT2D eigenvalue weighted by Crippen LogP contribution is -2.27. The van der Waals surface area contributed by atoms with Crippen LogP contribution in [0.3, 0.4) is 0 Å². The van der Waals surface area contributed by atoms with Crippen LogP contribution in [0.15, 0.2) is 36.5 Å². The van der Waals surface area contributed by atoms with Gasteiger partial charge in [-0.25, -0.2) is 0 Å². The highest BCUT2D eigenvalue weighted by molar-refractivity contribution is 9.09. The Morgan fingerprint density at radius 2 is 2.35 bits per heavy atom. The van der Waals surface area contributed by atoms with E-state index >= 15 is 0 Å². The van der Waals surface area contributed by atoms with Crippen LogP contribution in [0.25, 0.3) is 0 Å². The quantitative estimate of drug-likeness (QED) is 0.434. The van der Waals surface area contributed by atoms with Gasteiger partial charge in [-0.3, -0.25) is 0 Å². The Kier molecular flexibility index (Phi) is 7.00. The number of allylic oxidation sites excluding steroid dienone is 3. The molecule has 0 saturated heterocycles. The van der Waals surface area contributed by atoms with Crippen LogP contribution >= 0.6 is 15.9 Å². The van der Waals surface area contributed by atoms with Crippen molar-refractivity contribution in [2.24, 2.45) is 0 Å². The lowest BCUT2D eigenvalue weighted by atomic mass is 10.1. The second-order valence-electron chi connectivity index (χ2n) is 3.96. The molecule has 0 radical (unpaired) electrons. The molecule has 1 aliphatic rings. The molecule has 92 valence electrons. The first-order chi connectivity index (χ1) is 8.27. The lowest BCUT2D eigenvalue weighted by Gasteiger charge is -2.23. The number of hydrogen-bond acceptors (Lipinski definition) is 1. The molecule has 0 bridgehead atoms. The molecule has 17 heavy (non-hydrogen) atoms. The summed E-state index contributed by atoms with van der Waals surface area (Å²) < 4.78 is 6.06. The molecule has 1 heterocycles. The Hall–Kier alpha value is -0.780. The fourth-order valence-electron chi connectivity index (χ4n) is 1.68. The van der Waals surface area contributed by atoms with E-state index in [4.69, 9.17) is 11.2 Å². The van der Waals surface area contributed by atoms with E-state index in [1.807, 2.05) is 6.08 Å². The maximum atomic E-state index is 6.06. The smallest absolute Gasteiger partial charge is 0.0951 e. The first-order valence-electron chi connectivity index (χ1n) is 6.02. The van der Waals surface area contributed by atoms with Gasteiger partial charge in [0, 0.05) is 4.83 Å². The average Bonchev–Trinajstić information content (AvgIpc) is 2.47. The topological polar surface area (TPSA) is 9.23 Å². The van der Waals surface area contributed by atoms with Gasteiger partial charge in [0.2, 0.25) is 0 Å². The third kappa shape index (κ3) is 5.39. The van der Waals surface area contributed by atoms with Crippen LogP contribution < -0.4 is 0 Å². The van der Waals surface area contributed by atoms with E-state index in [-0.39, 0.29) is 12.2 Å². The van der Waals surface area contributed by atoms with E-state index in [0.29, 0.717) is 4.83 Å². The van der Waals surface area contributed by atoms with Crippen molar-refractivity contribution < 1.29 is 4.74 Å². The zero-order valence-electron chi connectivity index (χ0n) is 10.2. The second-order valence-corrected chi connectivity index (χ2v) is 5.14. The van der Waals surface area contributed by atoms with E-state index in [1.54, 1.807) is 6.08 Å². The monoisotopic (exact) mass is 294 g/mol. The first kappa shape index (κ1) is 14.3. The van der Waals surface area contributed by atoms with Crippen LogP contribution in [0.1, 0.15) is 26.2 Å². The van der Waals surface area contributed by atoms with Crippen LogP contribution in [0, 0.1) is 12.3 Å². The zero-order valence-corrected chi connectivity index (χ0v) is 11.8. The number of hydrogen-bond donors (Lipinski definition) is 0. The van der Waals surface area contributed by atoms with Crippen LogP contribution in [0.2, 0.25) is 0 Å². The van der Waals surface area contributed by atoms with E-state index in [9.17, 15) is 0 Å². The Balaban J connectivity index is 2.74. The van der Waals surface area contributed by atoms with E-state index < -0.39 is 0 Å². The number of alkyl halides is 1. The Labute approximate surface area is 113 Å². The van der Waals surface area contributed by atoms with Gasteiger partial charge in [-0.05, 0) is 31.4 Å². The van der Waals surface area contributed by atoms with Crippen molar-refractivity contribution in [1.29, 1.82) is 0 Å². The largest absolute Gasteiger partial charge is 0.365 e. The summed E-state index contributed by atoms with van der Waals surface area (Å²) in [5.74, 6) is 2.50. The summed E-state index contributed by atoms with van der Waals surface area (Å²) in [4.78, 5) is 0.375. The SMILES string of the molecule is C#CC=CC1C=CCC=CCC(C(Br)CC)O1. The van der Waals surface area contributed by atoms with Gasteiger partial charge in [-0.15, -0.1) is 6.42 Å². The number of halogens is 1. The molecule has 0 spiro atoms. The number of ether oxygens (including phenoxy) is 1. The van der Waals surface area contributed by atoms with Crippen molar-refractivity contribution in [3.05, 3.63) is 36.5 Å². The molecule has 3 unspecified atom stereocenters. The summed E-state index contributed by atoms with van der Waals surface area (Å²) in [7, 11) is 0. The normalized spacial score (nSPS) is 27.1. The van der Waals surface area contributed by atoms with Gasteiger partial charge < -0.3 is 4.74 Å². The fraction of sp³-hybridized carbons (Fsp3) is 0.467. The molecule has 2 heteroatoms. The summed E-state index contributed by atoms with van der Waals surface area (Å²) in [5.41, 5.74) is 0. The van der Waals surface area contributed by atoms with E-state index in [2.05, 4.69) is 53.1 Å². The van der Waals surface area contributed by atoms with Crippen LogP contribution in [-0.4, -0.2) is 17.0 Å². The van der Waals surface area contributed by atoms with E-state index in [0.717, 1.165) is 19.3 Å². The van der Waals surface area contributed by atoms with Gasteiger partial charge in [-0.1, -0.05) is 53.1 Å². The molecule has 3 atom stereocenters. The van der Waals surface area contributed by atoms with Crippen LogP contribution in [-0.2, 0) is 4.74 Å². The number of terminal acetylenes is 1. The van der Waals surface area contributed by atoms with Crippen molar-refractivity contribution in [2.75, 3.05) is 0 Å². The average molecular weight is 295 g/mol. The predicted molar refractivity (Wildman–Crippen MR) is 77.2 cm³/mol. The highest BCUT2D eigenvalue weighted by atomic mass is 79.9. The Bertz CT molecular complexity index is 335. The molecule has 0 saturated carbocycles. The van der Waals surface area contributed by atoms with Gasteiger partial charge in [0.05, 0.1) is 12.2 Å². The third-order valence-electron chi connectivity index (χ3n) is 2.64. The maximum absolute atomic E-state index is 6.06. The minimum Gasteiger partial charge on any atom is -0.365 e. The minimum atomic E-state index is -0.0254. The molecular weight excluding hydrogens is 276 g/mol. The molecule has 0 N–H and O–H groups in total. The molecular formula is C15H19BrO. The highest BCUT2D eigenvalue weighted by Crippen LogP contribution is 2.20. The second kappa shape index (κ2) is 8.33. The van der Waals surface area contributed by atoms with Crippen LogP contribution in [0.5, 0.6) is 0 Å². The van der Waals surface area contributed by atoms with Crippen molar-refractivity contribution in [3.8, 4) is 12.3 Å². The molecule has 1 aliphatic heterocycles. The maximum Gasteiger partial charge on any atom is 0.0951 e. The molecule has 0 aromatic heterocycles. The van der Waals surface area contributed by atoms with Crippen molar-refractivity contribution in [1.82, 2.24) is 0 Å². The van der Waals surface area contributed by atoms with Gasteiger partial charge in [-0.2, -0.15) is 0 Å². The standard InChI is InChI=1S/C15H19BrO/c1-3-5-10-13-11-8-6-7-9-12-15(17-13)14(16)4-2/h1,5,7-11,13-15H,4,6,12H2,2H3. The zero-order chi connectivity index (χ0) is 12.5. The molecule has 0 amide bonds. The summed E-state index contributed by atoms with van der Waals surface area (Å²) >= 11 is 3.67. The molecule has 1 nitrogen and oxygen atoms in total. The third-order valence-corrected chi connectivity index (χ3v) is 3.88. The summed E-state index contributed by atoms with van der Waals surface area (Å²) in [6.45, 7) is 2.15. The van der Waals surface area contributed by atoms with Gasteiger partial charge in [0.15, 0.2) is 0 Å². The van der Waals surface area contributed by atoms with E-state index in [1.165, 1.54) is 0 Å². The number of rotatable bonds is 3. The highest BCUT2D eigenvalue weighted by Gasteiger charge is 2.19. The van der Waals surface area contributed by atoms with Crippen molar-refractivity contribution >= 4 is 15.9 Å². The Morgan fingerprint density at radius 1 is 1.53 bits per heavy atom. The van der Waals surface area contributed by atoms with Crippen molar-refractivity contribution in [3.63, 3.8) is 0 Å². The molecule has 0 aliphatic carbocycles. The lowest BCUT2D eigenvalue weighted by molar-refractivity contribution is 0.0381. The molecule has 0 aromatic rings. The minimum absolute atomic E-state index is 0.0254. The summed E-state index contributed by atoms with van der Waals surface area (Å²) in [6, 6.07) is 0. The Morgan fingerprint density at radius 3 is 3.06 bits per heavy atom. The fourth-order valence-corrected chi connectivity index (χ4v) is 2.02. The molecule has 0 fully saturated rings. The molecule has 0 aromatic carbocycles. The summed E-state index contributed by atoms with van der Waals surface area (Å²) in [6.07, 6.45) is 20.5. The summed E-state index contributed by atoms with van der Waals surface area (Å²) in [5, 5.41) is 0. The van der Waals surface area contributed by atoms with Gasteiger partial charge in [0.25, 0.3) is 0 Å². The predicted octanol–water partition coefficient (Wildman–Crippen LogP) is 4.01. The van der Waals surface area contributed by atoms with Crippen LogP contribution in [0.4, 0.5) is 0 Å². The molecule has 1 rings (SSSR count). The van der Waals surface area contributed by atoms with Gasteiger partial charge >= 0.3 is 0 Å². The van der Waals surface area contributed by atoms with Gasteiger partial charge in [0.1, 0.15) is 0 Å². The first-order valence-corrected chi connectivity index (χ1v) is 6.93. The van der Waals surface area contributed by atoms with Crippen molar-refractivity contribution in [2.45, 2.75) is 43.2 Å².